The summed E-state index contributed by atoms with van der Waals surface area (Å²) in [7, 11) is 0. The molecule has 0 aliphatic heterocycles. The summed E-state index contributed by atoms with van der Waals surface area (Å²) < 4.78 is 13.7. The summed E-state index contributed by atoms with van der Waals surface area (Å²) in [5.74, 6) is -0.511. The summed E-state index contributed by atoms with van der Waals surface area (Å²) >= 11 is 3.12. The number of hydrogen-bond acceptors (Lipinski definition) is 2. The summed E-state index contributed by atoms with van der Waals surface area (Å²) in [6, 6.07) is 0. The molecule has 0 spiro atoms. The van der Waals surface area contributed by atoms with E-state index in [0.717, 1.165) is 25.7 Å². The first kappa shape index (κ1) is 18.6. The van der Waals surface area contributed by atoms with Crippen LogP contribution in [-0.4, -0.2) is 15.0 Å². The van der Waals surface area contributed by atoms with E-state index in [0.29, 0.717) is 0 Å². The molecule has 0 radical (unpaired) electrons. The molecule has 1 heterocycles. The van der Waals surface area contributed by atoms with Crippen LogP contribution in [0.25, 0.3) is 0 Å². The Labute approximate surface area is 136 Å². The van der Waals surface area contributed by atoms with Gasteiger partial charge in [-0.3, -0.25) is 0 Å². The molecule has 0 bridgehead atoms. The van der Waals surface area contributed by atoms with Gasteiger partial charge in [0.05, 0.1) is 5.54 Å². The lowest BCUT2D eigenvalue weighted by atomic mass is 9.89. The molecule has 5 heteroatoms. The van der Waals surface area contributed by atoms with Gasteiger partial charge in [0.1, 0.15) is 0 Å². The first-order chi connectivity index (χ1) is 10.0. The molecule has 1 aromatic heterocycles. The summed E-state index contributed by atoms with van der Waals surface area (Å²) in [5, 5.41) is 8.19. The van der Waals surface area contributed by atoms with Crippen LogP contribution in [0.3, 0.4) is 0 Å². The number of unbranched alkanes of at least 4 members (excludes halogenated alkanes) is 6. The first-order valence-corrected chi connectivity index (χ1v) is 9.11. The third-order valence-corrected chi connectivity index (χ3v) is 4.64. The van der Waals surface area contributed by atoms with E-state index in [9.17, 15) is 4.39 Å². The Morgan fingerprint density at radius 3 is 2.00 bits per heavy atom. The summed E-state index contributed by atoms with van der Waals surface area (Å²) in [6.45, 7) is 6.59. The number of nitrogens with zero attached hydrogens (tertiary/aromatic N) is 3. The molecule has 0 saturated carbocycles. The average Bonchev–Trinajstić information content (AvgIpc) is 2.79. The molecule has 1 aromatic rings. The van der Waals surface area contributed by atoms with E-state index < -0.39 is 5.95 Å². The standard InChI is InChI=1S/C16H29BrFN3/c1-4-6-8-9-11-13-16(3,12-10-7-5-2)21-19-14(17)15(18)20-21/h4-13H2,1-3H3. The van der Waals surface area contributed by atoms with Gasteiger partial charge in [-0.1, -0.05) is 65.2 Å². The Balaban J connectivity index is 2.65. The highest BCUT2D eigenvalue weighted by molar-refractivity contribution is 9.10. The molecule has 1 unspecified atom stereocenters. The Kier molecular flexibility index (Phi) is 8.45. The van der Waals surface area contributed by atoms with Crippen LogP contribution in [0.15, 0.2) is 4.60 Å². The van der Waals surface area contributed by atoms with Crippen LogP contribution < -0.4 is 0 Å². The van der Waals surface area contributed by atoms with Gasteiger partial charge in [-0.15, -0.1) is 10.2 Å². The highest BCUT2D eigenvalue weighted by atomic mass is 79.9. The number of rotatable bonds is 11. The molecule has 0 saturated heterocycles. The Morgan fingerprint density at radius 2 is 1.48 bits per heavy atom. The molecule has 1 rings (SSSR count). The smallest absolute Gasteiger partial charge is 0.180 e. The fourth-order valence-corrected chi connectivity index (χ4v) is 2.93. The zero-order valence-electron chi connectivity index (χ0n) is 13.7. The van der Waals surface area contributed by atoms with Gasteiger partial charge in [-0.25, -0.2) is 0 Å². The fourth-order valence-electron chi connectivity index (χ4n) is 2.70. The van der Waals surface area contributed by atoms with Crippen LogP contribution in [0.2, 0.25) is 0 Å². The van der Waals surface area contributed by atoms with Gasteiger partial charge in [-0.2, -0.15) is 9.19 Å². The minimum atomic E-state index is -0.511. The van der Waals surface area contributed by atoms with Crippen LogP contribution in [0.4, 0.5) is 4.39 Å². The lowest BCUT2D eigenvalue weighted by Gasteiger charge is -2.28. The molecule has 122 valence electrons. The van der Waals surface area contributed by atoms with Gasteiger partial charge in [0.25, 0.3) is 5.95 Å². The molecule has 0 N–H and O–H groups in total. The van der Waals surface area contributed by atoms with E-state index in [1.54, 1.807) is 4.80 Å². The number of halogens is 2. The van der Waals surface area contributed by atoms with E-state index in [1.807, 2.05) is 0 Å². The highest BCUT2D eigenvalue weighted by Gasteiger charge is 2.29. The second-order valence-corrected chi connectivity index (χ2v) is 6.94. The van der Waals surface area contributed by atoms with Crippen molar-refractivity contribution >= 4 is 15.9 Å². The predicted octanol–water partition coefficient (Wildman–Crippen LogP) is 5.84. The van der Waals surface area contributed by atoms with Crippen molar-refractivity contribution in [2.45, 2.75) is 90.5 Å². The SMILES string of the molecule is CCCCCCCC(C)(CCCCC)n1nc(F)c(Br)n1. The van der Waals surface area contributed by atoms with Crippen LogP contribution in [0, 0.1) is 5.95 Å². The van der Waals surface area contributed by atoms with Gasteiger partial charge in [0.2, 0.25) is 0 Å². The number of hydrogen-bond donors (Lipinski definition) is 0. The molecule has 0 aromatic carbocycles. The van der Waals surface area contributed by atoms with Gasteiger partial charge < -0.3 is 0 Å². The zero-order chi connectivity index (χ0) is 15.7. The molecule has 1 atom stereocenters. The fraction of sp³-hybridized carbons (Fsp3) is 0.875. The second-order valence-electron chi connectivity index (χ2n) is 6.19. The minimum Gasteiger partial charge on any atom is -0.180 e. The lowest BCUT2D eigenvalue weighted by molar-refractivity contribution is 0.197. The summed E-state index contributed by atoms with van der Waals surface area (Å²) in [5.41, 5.74) is -0.172. The first-order valence-electron chi connectivity index (χ1n) is 8.32. The maximum Gasteiger partial charge on any atom is 0.267 e. The molecule has 3 nitrogen and oxygen atoms in total. The second kappa shape index (κ2) is 9.54. The van der Waals surface area contributed by atoms with Crippen molar-refractivity contribution in [1.82, 2.24) is 15.0 Å². The Morgan fingerprint density at radius 1 is 0.952 bits per heavy atom. The van der Waals surface area contributed by atoms with Crippen molar-refractivity contribution in [3.8, 4) is 0 Å². The van der Waals surface area contributed by atoms with E-state index in [1.165, 1.54) is 38.5 Å². The van der Waals surface area contributed by atoms with Gasteiger partial charge in [0, 0.05) is 0 Å². The monoisotopic (exact) mass is 361 g/mol. The van der Waals surface area contributed by atoms with Gasteiger partial charge in [0.15, 0.2) is 4.60 Å². The average molecular weight is 362 g/mol. The summed E-state index contributed by atoms with van der Waals surface area (Å²) in [4.78, 5) is 1.60. The predicted molar refractivity (Wildman–Crippen MR) is 88.8 cm³/mol. The molecule has 0 aliphatic carbocycles. The van der Waals surface area contributed by atoms with Crippen molar-refractivity contribution in [1.29, 1.82) is 0 Å². The molecule has 21 heavy (non-hydrogen) atoms. The topological polar surface area (TPSA) is 30.7 Å². The maximum absolute atomic E-state index is 13.5. The van der Waals surface area contributed by atoms with Crippen molar-refractivity contribution in [3.63, 3.8) is 0 Å². The van der Waals surface area contributed by atoms with Gasteiger partial charge >= 0.3 is 0 Å². The largest absolute Gasteiger partial charge is 0.267 e. The minimum absolute atomic E-state index is 0.172. The highest BCUT2D eigenvalue weighted by Crippen LogP contribution is 2.30. The van der Waals surface area contributed by atoms with Crippen LogP contribution in [0.1, 0.15) is 85.0 Å². The summed E-state index contributed by atoms with van der Waals surface area (Å²) in [6.07, 6.45) is 11.8. The van der Waals surface area contributed by atoms with Crippen LogP contribution in [-0.2, 0) is 5.54 Å². The van der Waals surface area contributed by atoms with Crippen molar-refractivity contribution in [2.75, 3.05) is 0 Å². The van der Waals surface area contributed by atoms with Gasteiger partial charge in [-0.05, 0) is 35.7 Å². The van der Waals surface area contributed by atoms with E-state index in [-0.39, 0.29) is 10.1 Å². The van der Waals surface area contributed by atoms with Crippen molar-refractivity contribution in [2.24, 2.45) is 0 Å². The maximum atomic E-state index is 13.5. The third kappa shape index (κ3) is 6.05. The Hall–Kier alpha value is -0.450. The molecule has 0 fully saturated rings. The quantitative estimate of drug-likeness (QED) is 0.463. The lowest BCUT2D eigenvalue weighted by Crippen LogP contribution is -2.32. The Bertz CT molecular complexity index is 389. The molecule has 0 aliphatic rings. The molecule has 0 amide bonds. The van der Waals surface area contributed by atoms with Crippen LogP contribution >= 0.6 is 15.9 Å². The van der Waals surface area contributed by atoms with E-state index in [2.05, 4.69) is 46.9 Å². The van der Waals surface area contributed by atoms with E-state index in [4.69, 9.17) is 0 Å². The zero-order valence-corrected chi connectivity index (χ0v) is 15.3. The molecular formula is C16H29BrFN3. The normalized spacial score (nSPS) is 14.3. The van der Waals surface area contributed by atoms with Crippen molar-refractivity contribution in [3.05, 3.63) is 10.6 Å². The molecular weight excluding hydrogens is 333 g/mol. The third-order valence-electron chi connectivity index (χ3n) is 4.16. The van der Waals surface area contributed by atoms with Crippen LogP contribution in [0.5, 0.6) is 0 Å². The van der Waals surface area contributed by atoms with E-state index >= 15 is 0 Å². The van der Waals surface area contributed by atoms with Crippen molar-refractivity contribution < 1.29 is 4.39 Å². The number of aromatic nitrogens is 3.